The molecular formula is C17H17BrO4. The second-order valence-electron chi connectivity index (χ2n) is 4.87. The van der Waals surface area contributed by atoms with Crippen molar-refractivity contribution in [3.8, 4) is 11.5 Å². The predicted molar refractivity (Wildman–Crippen MR) is 86.1 cm³/mol. The molecule has 0 aromatic heterocycles. The molecular weight excluding hydrogens is 348 g/mol. The average molecular weight is 365 g/mol. The molecule has 0 saturated carbocycles. The lowest BCUT2D eigenvalue weighted by molar-refractivity contribution is -0.0448. The fraction of sp³-hybridized carbons (Fsp3) is 0.294. The van der Waals surface area contributed by atoms with Crippen molar-refractivity contribution in [3.63, 3.8) is 0 Å². The van der Waals surface area contributed by atoms with Crippen molar-refractivity contribution in [1.82, 2.24) is 0 Å². The zero-order valence-corrected chi connectivity index (χ0v) is 13.8. The summed E-state index contributed by atoms with van der Waals surface area (Å²) < 4.78 is 23.3. The van der Waals surface area contributed by atoms with Gasteiger partial charge in [-0.1, -0.05) is 46.3 Å². The Bertz CT molecular complexity index is 624. The van der Waals surface area contributed by atoms with E-state index in [0.29, 0.717) is 31.3 Å². The number of halogens is 1. The Morgan fingerprint density at radius 1 is 1.09 bits per heavy atom. The molecule has 0 aliphatic carbocycles. The summed E-state index contributed by atoms with van der Waals surface area (Å²) in [6.07, 6.45) is -0.362. The van der Waals surface area contributed by atoms with Gasteiger partial charge in [0.15, 0.2) is 17.8 Å². The van der Waals surface area contributed by atoms with Gasteiger partial charge in [0.1, 0.15) is 6.61 Å². The van der Waals surface area contributed by atoms with E-state index >= 15 is 0 Å². The predicted octanol–water partition coefficient (Wildman–Crippen LogP) is 4.08. The highest BCUT2D eigenvalue weighted by molar-refractivity contribution is 9.10. The largest absolute Gasteiger partial charge is 0.493 e. The molecule has 1 saturated heterocycles. The molecule has 0 radical (unpaired) electrons. The van der Waals surface area contributed by atoms with Gasteiger partial charge >= 0.3 is 0 Å². The Morgan fingerprint density at radius 3 is 2.50 bits per heavy atom. The summed E-state index contributed by atoms with van der Waals surface area (Å²) in [5, 5.41) is 0. The minimum absolute atomic E-state index is 0.362. The number of benzene rings is 2. The molecule has 116 valence electrons. The van der Waals surface area contributed by atoms with Crippen molar-refractivity contribution in [2.75, 3.05) is 20.3 Å². The zero-order chi connectivity index (χ0) is 15.4. The summed E-state index contributed by atoms with van der Waals surface area (Å²) in [5.41, 5.74) is 2.00. The first-order valence-electron chi connectivity index (χ1n) is 7.05. The third kappa shape index (κ3) is 3.43. The quantitative estimate of drug-likeness (QED) is 0.800. The summed E-state index contributed by atoms with van der Waals surface area (Å²) in [4.78, 5) is 0. The van der Waals surface area contributed by atoms with Crippen molar-refractivity contribution in [2.45, 2.75) is 12.9 Å². The van der Waals surface area contributed by atoms with Crippen LogP contribution in [-0.2, 0) is 16.1 Å². The Balaban J connectivity index is 1.83. The standard InChI is InChI=1S/C17H17BrO4/c1-19-15-10-14(18)13(17-20-7-8-21-17)9-16(15)22-11-12-5-3-2-4-6-12/h2-6,9-10,17H,7-8,11H2,1H3. The van der Waals surface area contributed by atoms with Gasteiger partial charge in [-0.15, -0.1) is 0 Å². The van der Waals surface area contributed by atoms with E-state index in [1.165, 1.54) is 0 Å². The highest BCUT2D eigenvalue weighted by Gasteiger charge is 2.23. The topological polar surface area (TPSA) is 36.9 Å². The van der Waals surface area contributed by atoms with Crippen LogP contribution in [0.15, 0.2) is 46.9 Å². The fourth-order valence-corrected chi connectivity index (χ4v) is 2.79. The minimum Gasteiger partial charge on any atom is -0.493 e. The van der Waals surface area contributed by atoms with E-state index in [1.807, 2.05) is 42.5 Å². The van der Waals surface area contributed by atoms with Crippen molar-refractivity contribution < 1.29 is 18.9 Å². The zero-order valence-electron chi connectivity index (χ0n) is 12.3. The van der Waals surface area contributed by atoms with Crippen LogP contribution in [-0.4, -0.2) is 20.3 Å². The molecule has 0 spiro atoms. The lowest BCUT2D eigenvalue weighted by Gasteiger charge is -2.16. The number of rotatable bonds is 5. The lowest BCUT2D eigenvalue weighted by atomic mass is 10.2. The molecule has 1 fully saturated rings. The van der Waals surface area contributed by atoms with Gasteiger partial charge in [-0.25, -0.2) is 0 Å². The molecule has 2 aromatic carbocycles. The molecule has 0 atom stereocenters. The van der Waals surface area contributed by atoms with Crippen LogP contribution in [0.3, 0.4) is 0 Å². The van der Waals surface area contributed by atoms with Gasteiger partial charge in [0.25, 0.3) is 0 Å². The molecule has 22 heavy (non-hydrogen) atoms. The monoisotopic (exact) mass is 364 g/mol. The summed E-state index contributed by atoms with van der Waals surface area (Å²) in [7, 11) is 1.62. The molecule has 2 aromatic rings. The summed E-state index contributed by atoms with van der Waals surface area (Å²) in [5.74, 6) is 1.34. The van der Waals surface area contributed by atoms with Crippen LogP contribution in [0.1, 0.15) is 17.4 Å². The summed E-state index contributed by atoms with van der Waals surface area (Å²) in [6, 6.07) is 13.8. The van der Waals surface area contributed by atoms with Crippen LogP contribution in [0.4, 0.5) is 0 Å². The number of hydrogen-bond acceptors (Lipinski definition) is 4. The van der Waals surface area contributed by atoms with Gasteiger partial charge in [-0.3, -0.25) is 0 Å². The SMILES string of the molecule is COc1cc(Br)c(C2OCCO2)cc1OCc1ccccc1. The molecule has 1 aliphatic heterocycles. The maximum absolute atomic E-state index is 5.91. The summed E-state index contributed by atoms with van der Waals surface area (Å²) >= 11 is 3.53. The molecule has 1 heterocycles. The maximum Gasteiger partial charge on any atom is 0.185 e. The molecule has 3 rings (SSSR count). The molecule has 0 bridgehead atoms. The normalized spacial score (nSPS) is 15.0. The molecule has 0 unspecified atom stereocenters. The van der Waals surface area contributed by atoms with Gasteiger partial charge in [-0.2, -0.15) is 0 Å². The Labute approximate surface area is 138 Å². The van der Waals surface area contributed by atoms with Gasteiger partial charge in [0.05, 0.1) is 20.3 Å². The third-order valence-electron chi connectivity index (χ3n) is 3.40. The second kappa shape index (κ2) is 7.13. The van der Waals surface area contributed by atoms with Crippen LogP contribution >= 0.6 is 15.9 Å². The van der Waals surface area contributed by atoms with Crippen LogP contribution in [0.25, 0.3) is 0 Å². The Hall–Kier alpha value is -1.56. The number of hydrogen-bond donors (Lipinski definition) is 0. The van der Waals surface area contributed by atoms with Crippen LogP contribution < -0.4 is 9.47 Å². The molecule has 0 amide bonds. The highest BCUT2D eigenvalue weighted by Crippen LogP contribution is 2.38. The van der Waals surface area contributed by atoms with E-state index < -0.39 is 0 Å². The van der Waals surface area contributed by atoms with E-state index in [-0.39, 0.29) is 6.29 Å². The fourth-order valence-electron chi connectivity index (χ4n) is 2.28. The van der Waals surface area contributed by atoms with Crippen molar-refractivity contribution in [3.05, 3.63) is 58.1 Å². The van der Waals surface area contributed by atoms with Crippen molar-refractivity contribution in [1.29, 1.82) is 0 Å². The highest BCUT2D eigenvalue weighted by atomic mass is 79.9. The molecule has 4 nitrogen and oxygen atoms in total. The van der Waals surface area contributed by atoms with E-state index in [1.54, 1.807) is 7.11 Å². The van der Waals surface area contributed by atoms with Gasteiger partial charge in [0, 0.05) is 10.0 Å². The van der Waals surface area contributed by atoms with Gasteiger partial charge in [0.2, 0.25) is 0 Å². The van der Waals surface area contributed by atoms with Gasteiger partial charge < -0.3 is 18.9 Å². The van der Waals surface area contributed by atoms with Crippen molar-refractivity contribution >= 4 is 15.9 Å². The first-order chi connectivity index (χ1) is 10.8. The van der Waals surface area contributed by atoms with E-state index in [0.717, 1.165) is 15.6 Å². The first-order valence-corrected chi connectivity index (χ1v) is 7.84. The maximum atomic E-state index is 5.91. The van der Waals surface area contributed by atoms with Crippen LogP contribution in [0.2, 0.25) is 0 Å². The van der Waals surface area contributed by atoms with E-state index in [9.17, 15) is 0 Å². The lowest BCUT2D eigenvalue weighted by Crippen LogP contribution is -2.03. The Kier molecular flexibility index (Phi) is 4.97. The molecule has 5 heteroatoms. The number of methoxy groups -OCH3 is 1. The van der Waals surface area contributed by atoms with E-state index in [4.69, 9.17) is 18.9 Å². The Morgan fingerprint density at radius 2 is 1.82 bits per heavy atom. The third-order valence-corrected chi connectivity index (χ3v) is 4.08. The second-order valence-corrected chi connectivity index (χ2v) is 5.73. The first kappa shape index (κ1) is 15.3. The molecule has 0 N–H and O–H groups in total. The number of ether oxygens (including phenoxy) is 4. The minimum atomic E-state index is -0.362. The summed E-state index contributed by atoms with van der Waals surface area (Å²) in [6.45, 7) is 1.68. The van der Waals surface area contributed by atoms with Gasteiger partial charge in [-0.05, 0) is 17.7 Å². The smallest absolute Gasteiger partial charge is 0.185 e. The van der Waals surface area contributed by atoms with Crippen LogP contribution in [0.5, 0.6) is 11.5 Å². The van der Waals surface area contributed by atoms with E-state index in [2.05, 4.69) is 15.9 Å². The van der Waals surface area contributed by atoms with Crippen molar-refractivity contribution in [2.24, 2.45) is 0 Å². The molecule has 1 aliphatic rings. The van der Waals surface area contributed by atoms with Crippen LogP contribution in [0, 0.1) is 0 Å². The average Bonchev–Trinajstić information content (AvgIpc) is 3.08.